The van der Waals surface area contributed by atoms with Gasteiger partial charge in [0.2, 0.25) is 0 Å². The van der Waals surface area contributed by atoms with Crippen LogP contribution in [-0.4, -0.2) is 37.2 Å². The second-order valence-corrected chi connectivity index (χ2v) is 22.4. The van der Waals surface area contributed by atoms with Crippen LogP contribution in [0.2, 0.25) is 0 Å². The minimum absolute atomic E-state index is 0.0991. The molecule has 0 radical (unpaired) electrons. The Hall–Kier alpha value is -4.71. The molecule has 470 valence electrons. The SMILES string of the molecule is CC/C=C\C/C=C\C/C=C\C/C=C\C/C=C\C/C=C\C/C=C\C/C=C\C/C=C\CCCC(=O)OCC(COC(=O)CCCCCCCCCCC)OC(=O)CCCCCCCCCCCCCC/C=C\C/C=C\C/C=C\CCCCCCC. The molecule has 0 saturated carbocycles. The van der Waals surface area contributed by atoms with Crippen molar-refractivity contribution in [3.05, 3.63) is 146 Å². The van der Waals surface area contributed by atoms with E-state index in [4.69, 9.17) is 14.2 Å². The van der Waals surface area contributed by atoms with Gasteiger partial charge in [-0.3, -0.25) is 14.4 Å². The first-order valence-corrected chi connectivity index (χ1v) is 34.3. The predicted molar refractivity (Wildman–Crippen MR) is 362 cm³/mol. The maximum atomic E-state index is 12.9. The van der Waals surface area contributed by atoms with Gasteiger partial charge in [-0.05, 0) is 122 Å². The van der Waals surface area contributed by atoms with Crippen molar-refractivity contribution in [3.8, 4) is 0 Å². The molecule has 0 aromatic rings. The minimum Gasteiger partial charge on any atom is -0.462 e. The van der Waals surface area contributed by atoms with Gasteiger partial charge in [0.15, 0.2) is 6.10 Å². The van der Waals surface area contributed by atoms with Crippen LogP contribution in [0.1, 0.15) is 303 Å². The van der Waals surface area contributed by atoms with E-state index in [9.17, 15) is 14.4 Å². The number of allylic oxidation sites excluding steroid dienone is 24. The molecule has 83 heavy (non-hydrogen) atoms. The van der Waals surface area contributed by atoms with Crippen LogP contribution in [0.3, 0.4) is 0 Å². The Morgan fingerprint density at radius 1 is 0.253 bits per heavy atom. The Morgan fingerprint density at radius 3 is 0.783 bits per heavy atom. The van der Waals surface area contributed by atoms with Crippen molar-refractivity contribution >= 4 is 17.9 Å². The highest BCUT2D eigenvalue weighted by molar-refractivity contribution is 5.71. The van der Waals surface area contributed by atoms with E-state index in [2.05, 4.69) is 167 Å². The molecule has 0 aliphatic carbocycles. The quantitative estimate of drug-likeness (QED) is 0.0261. The van der Waals surface area contributed by atoms with Gasteiger partial charge >= 0.3 is 17.9 Å². The summed E-state index contributed by atoms with van der Waals surface area (Å²) in [5, 5.41) is 0. The molecule has 0 heterocycles. The summed E-state index contributed by atoms with van der Waals surface area (Å²) in [5.74, 6) is -0.964. The molecule has 0 N–H and O–H groups in total. The Balaban J connectivity index is 4.32. The van der Waals surface area contributed by atoms with Crippen molar-refractivity contribution < 1.29 is 28.6 Å². The zero-order valence-electron chi connectivity index (χ0n) is 53.9. The van der Waals surface area contributed by atoms with Crippen molar-refractivity contribution in [1.82, 2.24) is 0 Å². The third kappa shape index (κ3) is 68.0. The number of ether oxygens (including phenoxy) is 3. The molecule has 0 amide bonds. The molecule has 1 atom stereocenters. The largest absolute Gasteiger partial charge is 0.462 e. The normalized spacial score (nSPS) is 13.0. The lowest BCUT2D eigenvalue weighted by atomic mass is 10.0. The summed E-state index contributed by atoms with van der Waals surface area (Å²) in [6.07, 6.45) is 100. The summed E-state index contributed by atoms with van der Waals surface area (Å²) >= 11 is 0. The number of esters is 3. The molecule has 6 heteroatoms. The highest BCUT2D eigenvalue weighted by atomic mass is 16.6. The number of hydrogen-bond donors (Lipinski definition) is 0. The first-order chi connectivity index (χ1) is 41.0. The summed E-state index contributed by atoms with van der Waals surface area (Å²) in [6, 6.07) is 0. The highest BCUT2D eigenvalue weighted by Crippen LogP contribution is 2.16. The monoisotopic (exact) mass is 1150 g/mol. The van der Waals surface area contributed by atoms with Crippen molar-refractivity contribution in [1.29, 1.82) is 0 Å². The van der Waals surface area contributed by atoms with E-state index in [1.54, 1.807) is 0 Å². The van der Waals surface area contributed by atoms with E-state index in [1.807, 2.05) is 0 Å². The fourth-order valence-electron chi connectivity index (χ4n) is 9.22. The third-order valence-corrected chi connectivity index (χ3v) is 14.3. The molecule has 0 aliphatic heterocycles. The molecule has 0 aliphatic rings. The molecule has 0 aromatic carbocycles. The molecule has 1 unspecified atom stereocenters. The molecule has 0 spiro atoms. The molecule has 0 bridgehead atoms. The van der Waals surface area contributed by atoms with Gasteiger partial charge in [0.05, 0.1) is 0 Å². The standard InChI is InChI=1S/C77H126O6/c1-4-7-10-13-16-19-21-23-25-27-29-31-33-35-37-38-40-41-43-45-47-49-51-53-55-58-61-64-67-70-76(79)82-73-74(72-81-75(78)69-66-63-60-57-18-15-12-9-6-3)83-77(80)71-68-65-62-59-56-54-52-50-48-46-44-42-39-36-34-32-30-28-26-24-22-20-17-14-11-8-5-2/h7,10,16,19,22-25,28-31,34-37,40-41,45,47,51,53,58,61,74H,4-6,8-9,11-15,17-18,20-21,26-27,32-33,38-39,42-44,46,48-50,52,54-57,59-60,62-73H2,1-3H3/b10-7-,19-16-,24-22-,25-23-,30-28-,31-29-,36-34-,37-35-,41-40-,47-45-,53-51-,61-58-. The summed E-state index contributed by atoms with van der Waals surface area (Å²) in [4.78, 5) is 38.2. The van der Waals surface area contributed by atoms with E-state index in [0.717, 1.165) is 116 Å². The van der Waals surface area contributed by atoms with Crippen LogP contribution in [0.4, 0.5) is 0 Å². The maximum absolute atomic E-state index is 12.9. The maximum Gasteiger partial charge on any atom is 0.306 e. The van der Waals surface area contributed by atoms with Crippen LogP contribution >= 0.6 is 0 Å². The van der Waals surface area contributed by atoms with Gasteiger partial charge in [0.25, 0.3) is 0 Å². The van der Waals surface area contributed by atoms with E-state index in [0.29, 0.717) is 19.3 Å². The second kappa shape index (κ2) is 69.8. The lowest BCUT2D eigenvalue weighted by Crippen LogP contribution is -2.30. The van der Waals surface area contributed by atoms with Crippen molar-refractivity contribution in [2.45, 2.75) is 309 Å². The van der Waals surface area contributed by atoms with Crippen LogP contribution in [0.15, 0.2) is 146 Å². The number of unbranched alkanes of at least 4 members (excludes halogenated alkanes) is 26. The highest BCUT2D eigenvalue weighted by Gasteiger charge is 2.19. The topological polar surface area (TPSA) is 78.9 Å². The van der Waals surface area contributed by atoms with Crippen LogP contribution in [0.5, 0.6) is 0 Å². The predicted octanol–water partition coefficient (Wildman–Crippen LogP) is 23.9. The molecule has 0 saturated heterocycles. The number of hydrogen-bond acceptors (Lipinski definition) is 6. The van der Waals surface area contributed by atoms with Gasteiger partial charge in [-0.1, -0.05) is 308 Å². The van der Waals surface area contributed by atoms with E-state index >= 15 is 0 Å². The smallest absolute Gasteiger partial charge is 0.306 e. The molecule has 0 aromatic heterocycles. The van der Waals surface area contributed by atoms with Gasteiger partial charge in [-0.15, -0.1) is 0 Å². The second-order valence-electron chi connectivity index (χ2n) is 22.4. The van der Waals surface area contributed by atoms with Crippen LogP contribution < -0.4 is 0 Å². The Kier molecular flexibility index (Phi) is 65.8. The third-order valence-electron chi connectivity index (χ3n) is 14.3. The Morgan fingerprint density at radius 2 is 0.482 bits per heavy atom. The summed E-state index contributed by atoms with van der Waals surface area (Å²) in [6.45, 7) is 6.46. The summed E-state index contributed by atoms with van der Waals surface area (Å²) in [7, 11) is 0. The summed E-state index contributed by atoms with van der Waals surface area (Å²) < 4.78 is 16.9. The minimum atomic E-state index is -0.807. The fraction of sp³-hybridized carbons (Fsp3) is 0.649. The zero-order valence-corrected chi connectivity index (χ0v) is 53.9. The molecular weight excluding hydrogens is 1020 g/mol. The van der Waals surface area contributed by atoms with E-state index in [-0.39, 0.29) is 37.5 Å². The Labute approximate surface area is 512 Å². The molecule has 6 nitrogen and oxygen atoms in total. The van der Waals surface area contributed by atoms with Crippen LogP contribution in [0.25, 0.3) is 0 Å². The molecule has 0 rings (SSSR count). The molecule has 0 fully saturated rings. The van der Waals surface area contributed by atoms with Crippen molar-refractivity contribution in [2.24, 2.45) is 0 Å². The molecular formula is C77H126O6. The first kappa shape index (κ1) is 78.3. The van der Waals surface area contributed by atoms with Crippen LogP contribution in [-0.2, 0) is 28.6 Å². The van der Waals surface area contributed by atoms with Crippen molar-refractivity contribution in [3.63, 3.8) is 0 Å². The lowest BCUT2D eigenvalue weighted by molar-refractivity contribution is -0.167. The summed E-state index contributed by atoms with van der Waals surface area (Å²) in [5.41, 5.74) is 0. The van der Waals surface area contributed by atoms with Gasteiger partial charge in [-0.2, -0.15) is 0 Å². The van der Waals surface area contributed by atoms with Gasteiger partial charge in [0.1, 0.15) is 13.2 Å². The lowest BCUT2D eigenvalue weighted by Gasteiger charge is -2.18. The fourth-order valence-corrected chi connectivity index (χ4v) is 9.22. The van der Waals surface area contributed by atoms with Gasteiger partial charge in [-0.25, -0.2) is 0 Å². The van der Waals surface area contributed by atoms with Crippen molar-refractivity contribution in [2.75, 3.05) is 13.2 Å². The van der Waals surface area contributed by atoms with Crippen LogP contribution in [0, 0.1) is 0 Å². The first-order valence-electron chi connectivity index (χ1n) is 34.3. The van der Waals surface area contributed by atoms with Gasteiger partial charge in [0, 0.05) is 19.3 Å². The number of carbonyl (C=O) groups excluding carboxylic acids is 3. The van der Waals surface area contributed by atoms with E-state index in [1.165, 1.54) is 141 Å². The number of carbonyl (C=O) groups is 3. The zero-order chi connectivity index (χ0) is 59.9. The van der Waals surface area contributed by atoms with E-state index < -0.39 is 6.10 Å². The average Bonchev–Trinajstić information content (AvgIpc) is 3.49. The average molecular weight is 1150 g/mol. The Bertz CT molecular complexity index is 1800. The number of rotatable bonds is 61. The van der Waals surface area contributed by atoms with Gasteiger partial charge < -0.3 is 14.2 Å².